The minimum atomic E-state index is -5.05. The highest BCUT2D eigenvalue weighted by atomic mass is 19.4. The summed E-state index contributed by atoms with van der Waals surface area (Å²) in [4.78, 5) is 29.7. The van der Waals surface area contributed by atoms with E-state index in [4.69, 9.17) is 21.2 Å². The van der Waals surface area contributed by atoms with Crippen molar-refractivity contribution in [2.45, 2.75) is 43.7 Å². The molecular weight excluding hydrogens is 569 g/mol. The second-order valence-electron chi connectivity index (χ2n) is 10.8. The number of carbonyl (C=O) groups excluding carboxylic acids is 1. The molecule has 10 nitrogen and oxygen atoms in total. The van der Waals surface area contributed by atoms with E-state index in [2.05, 4.69) is 4.85 Å². The molecule has 4 rings (SSSR count). The Morgan fingerprint density at radius 1 is 1.12 bits per heavy atom. The van der Waals surface area contributed by atoms with Crippen LogP contribution in [0.3, 0.4) is 0 Å². The van der Waals surface area contributed by atoms with Crippen LogP contribution < -0.4 is 9.47 Å². The average molecular weight is 603 g/mol. The van der Waals surface area contributed by atoms with E-state index in [1.807, 2.05) is 0 Å². The Morgan fingerprint density at radius 3 is 2.40 bits per heavy atom. The monoisotopic (exact) mass is 602 g/mol. The zero-order valence-corrected chi connectivity index (χ0v) is 24.0. The first-order valence-corrected chi connectivity index (χ1v) is 13.5. The number of carboxylic acid groups (broad SMARTS) is 1. The molecular formula is C30H33F3N4O6. The summed E-state index contributed by atoms with van der Waals surface area (Å²) in [6.07, 6.45) is -3.65. The molecule has 1 unspecified atom stereocenters. The Balaban J connectivity index is 1.55. The summed E-state index contributed by atoms with van der Waals surface area (Å²) < 4.78 is 56.8. The van der Waals surface area contributed by atoms with Gasteiger partial charge in [-0.15, -0.1) is 0 Å². The Labute approximate surface area is 246 Å². The van der Waals surface area contributed by atoms with Crippen molar-refractivity contribution in [1.82, 2.24) is 14.4 Å². The first-order valence-electron chi connectivity index (χ1n) is 13.5. The van der Waals surface area contributed by atoms with Gasteiger partial charge in [0.15, 0.2) is 17.2 Å². The molecule has 0 spiro atoms. The highest BCUT2D eigenvalue weighted by Crippen LogP contribution is 2.44. The number of piperidine rings is 1. The normalized spacial score (nSPS) is 16.0. The molecule has 2 aromatic carbocycles. The number of alkyl halides is 3. The largest absolute Gasteiger partial charge is 0.493 e. The second kappa shape index (κ2) is 12.5. The summed E-state index contributed by atoms with van der Waals surface area (Å²) in [6, 6.07) is 8.98. The third-order valence-electron chi connectivity index (χ3n) is 7.58. The Kier molecular flexibility index (Phi) is 9.22. The minimum Gasteiger partial charge on any atom is -0.493 e. The van der Waals surface area contributed by atoms with Gasteiger partial charge < -0.3 is 29.2 Å². The number of aromatic nitrogens is 1. The van der Waals surface area contributed by atoms with E-state index in [1.54, 1.807) is 18.2 Å². The fourth-order valence-corrected chi connectivity index (χ4v) is 5.21. The van der Waals surface area contributed by atoms with Gasteiger partial charge in [-0.25, -0.2) is 4.85 Å². The number of halogens is 3. The van der Waals surface area contributed by atoms with E-state index < -0.39 is 24.3 Å². The fourth-order valence-electron chi connectivity index (χ4n) is 5.21. The van der Waals surface area contributed by atoms with Gasteiger partial charge in [-0.2, -0.15) is 13.2 Å². The van der Waals surface area contributed by atoms with E-state index in [0.29, 0.717) is 29.9 Å². The maximum Gasteiger partial charge on any atom is 0.422 e. The molecule has 1 atom stereocenters. The average Bonchev–Trinajstić information content (AvgIpc) is 3.31. The van der Waals surface area contributed by atoms with Crippen LogP contribution in [0, 0.1) is 6.57 Å². The molecule has 2 N–H and O–H groups in total. The molecule has 1 saturated heterocycles. The predicted molar refractivity (Wildman–Crippen MR) is 151 cm³/mol. The van der Waals surface area contributed by atoms with Crippen LogP contribution in [0.2, 0.25) is 0 Å². The smallest absolute Gasteiger partial charge is 0.422 e. The quantitative estimate of drug-likeness (QED) is 0.335. The predicted octanol–water partition coefficient (Wildman–Crippen LogP) is 4.21. The molecule has 13 heteroatoms. The highest BCUT2D eigenvalue weighted by Gasteiger charge is 2.57. The summed E-state index contributed by atoms with van der Waals surface area (Å²) in [5, 5.41) is 20.5. The van der Waals surface area contributed by atoms with Crippen LogP contribution in [-0.4, -0.2) is 89.6 Å². The number of amides is 1. The van der Waals surface area contributed by atoms with Crippen molar-refractivity contribution in [2.24, 2.45) is 0 Å². The van der Waals surface area contributed by atoms with Gasteiger partial charge in [0.2, 0.25) is 11.5 Å². The van der Waals surface area contributed by atoms with Crippen molar-refractivity contribution in [1.29, 1.82) is 0 Å². The highest BCUT2D eigenvalue weighted by molar-refractivity contribution is 5.89. The number of carboxylic acids is 1. The number of aliphatic hydroxyl groups is 1. The Morgan fingerprint density at radius 2 is 1.81 bits per heavy atom. The third kappa shape index (κ3) is 6.87. The number of carbonyl (C=O) groups is 2. The maximum absolute atomic E-state index is 14.7. The number of fused-ring (bicyclic) bond motifs is 1. The molecule has 0 radical (unpaired) electrons. The molecule has 1 aliphatic rings. The van der Waals surface area contributed by atoms with E-state index >= 15 is 0 Å². The van der Waals surface area contributed by atoms with E-state index in [0.717, 1.165) is 6.20 Å². The van der Waals surface area contributed by atoms with Gasteiger partial charge in [-0.05, 0) is 36.6 Å². The first-order chi connectivity index (χ1) is 20.2. The lowest BCUT2D eigenvalue weighted by molar-refractivity contribution is -0.272. The number of β-amino-alcohol motifs (C(OH)–C–C–N with tert-alkyl or cyclic N) is 1. The molecule has 2 heterocycles. The van der Waals surface area contributed by atoms with Gasteiger partial charge >= 0.3 is 12.1 Å². The van der Waals surface area contributed by atoms with Crippen LogP contribution in [0.25, 0.3) is 15.7 Å². The van der Waals surface area contributed by atoms with Gasteiger partial charge in [0, 0.05) is 56.4 Å². The number of nitrogens with zero attached hydrogens (tertiary/aromatic N) is 4. The van der Waals surface area contributed by atoms with Crippen molar-refractivity contribution < 1.29 is 42.4 Å². The molecule has 0 aliphatic carbocycles. The maximum atomic E-state index is 14.7. The van der Waals surface area contributed by atoms with E-state index in [1.165, 1.54) is 53.8 Å². The van der Waals surface area contributed by atoms with Gasteiger partial charge in [-0.1, -0.05) is 18.2 Å². The van der Waals surface area contributed by atoms with Gasteiger partial charge in [0.1, 0.15) is 12.6 Å². The molecule has 3 aromatic rings. The number of hydrogen-bond donors (Lipinski definition) is 2. The Hall–Kier alpha value is -4.28. The topological polar surface area (TPSA) is 109 Å². The fraction of sp³-hybridized carbons (Fsp3) is 0.433. The van der Waals surface area contributed by atoms with Gasteiger partial charge in [0.25, 0.3) is 0 Å². The summed E-state index contributed by atoms with van der Waals surface area (Å²) >= 11 is 0. The summed E-state index contributed by atoms with van der Waals surface area (Å²) in [5.74, 6) is -0.581. The summed E-state index contributed by atoms with van der Waals surface area (Å²) in [6.45, 7) is 6.73. The SMILES string of the molecule is [C-]#[N+]c1ccc2c(C(O)(CN3CCC(Oc4ccc(CC(=O)O)cc4OC)CC3)C(F)(F)F)cn(CC(=O)N(C)C)c2c1. The third-order valence-corrected chi connectivity index (χ3v) is 7.58. The lowest BCUT2D eigenvalue weighted by Crippen LogP contribution is -2.53. The van der Waals surface area contributed by atoms with Crippen LogP contribution in [-0.2, 0) is 28.2 Å². The van der Waals surface area contributed by atoms with Crippen LogP contribution in [0.15, 0.2) is 42.6 Å². The van der Waals surface area contributed by atoms with Gasteiger partial charge in [-0.3, -0.25) is 14.5 Å². The van der Waals surface area contributed by atoms with Crippen LogP contribution in [0.5, 0.6) is 11.5 Å². The number of benzene rings is 2. The number of hydrogen-bond acceptors (Lipinski definition) is 6. The Bertz CT molecular complexity index is 1540. The van der Waals surface area contributed by atoms with E-state index in [9.17, 15) is 27.9 Å². The number of likely N-dealkylation sites (tertiary alicyclic amines) is 1. The van der Waals surface area contributed by atoms with Crippen molar-refractivity contribution in [3.8, 4) is 11.5 Å². The molecule has 0 bridgehead atoms. The first kappa shape index (κ1) is 31.7. The van der Waals surface area contributed by atoms with Crippen LogP contribution in [0.1, 0.15) is 24.0 Å². The summed E-state index contributed by atoms with van der Waals surface area (Å²) in [5.41, 5.74) is -2.66. The standard InChI is InChI=1S/C30H33F3N4O6/c1-34-20-6-7-22-23(16-37(24(22)15-20)17-27(38)35(2)3)29(41,30(31,32)33)18-36-11-9-21(10-12-36)43-25-8-5-19(14-28(39)40)13-26(25)42-4/h5-8,13,15-16,21,41H,9-12,14,17-18H2,2-4H3,(H,39,40). The molecule has 1 amide bonds. The van der Waals surface area contributed by atoms with Crippen LogP contribution in [0.4, 0.5) is 18.9 Å². The molecule has 230 valence electrons. The molecule has 1 aliphatic heterocycles. The van der Waals surface area contributed by atoms with Crippen molar-refractivity contribution in [3.63, 3.8) is 0 Å². The molecule has 43 heavy (non-hydrogen) atoms. The number of aliphatic carboxylic acids is 1. The summed E-state index contributed by atoms with van der Waals surface area (Å²) in [7, 11) is 4.50. The van der Waals surface area contributed by atoms with Crippen molar-refractivity contribution >= 4 is 28.5 Å². The number of ether oxygens (including phenoxy) is 2. The van der Waals surface area contributed by atoms with Crippen molar-refractivity contribution in [2.75, 3.05) is 40.8 Å². The molecule has 0 saturated carbocycles. The van der Waals surface area contributed by atoms with Gasteiger partial charge in [0.05, 0.1) is 20.1 Å². The number of rotatable bonds is 10. The number of likely N-dealkylation sites (N-methyl/N-ethyl adjacent to an activating group) is 1. The number of methoxy groups -OCH3 is 1. The lowest BCUT2D eigenvalue weighted by atomic mass is 9.91. The van der Waals surface area contributed by atoms with E-state index in [-0.39, 0.29) is 60.2 Å². The zero-order chi connectivity index (χ0) is 31.5. The molecule has 1 fully saturated rings. The zero-order valence-electron chi connectivity index (χ0n) is 24.0. The minimum absolute atomic E-state index is 0.107. The van der Waals surface area contributed by atoms with Crippen molar-refractivity contribution in [3.05, 3.63) is 65.1 Å². The molecule has 1 aromatic heterocycles. The lowest BCUT2D eigenvalue weighted by Gasteiger charge is -2.39. The van der Waals surface area contributed by atoms with Crippen LogP contribution >= 0.6 is 0 Å². The second-order valence-corrected chi connectivity index (χ2v) is 10.8.